The van der Waals surface area contributed by atoms with Crippen molar-refractivity contribution in [2.75, 3.05) is 0 Å². The van der Waals surface area contributed by atoms with Gasteiger partial charge in [0.05, 0.1) is 5.52 Å². The molecule has 0 N–H and O–H groups in total. The van der Waals surface area contributed by atoms with Gasteiger partial charge < -0.3 is 0 Å². The summed E-state index contributed by atoms with van der Waals surface area (Å²) in [5.41, 5.74) is 3.35. The van der Waals surface area contributed by atoms with Gasteiger partial charge >= 0.3 is 0 Å². The van der Waals surface area contributed by atoms with Crippen LogP contribution in [0.2, 0.25) is 0 Å². The van der Waals surface area contributed by atoms with Gasteiger partial charge in [-0.3, -0.25) is 4.98 Å². The summed E-state index contributed by atoms with van der Waals surface area (Å²) in [6.45, 7) is 4.09. The van der Waals surface area contributed by atoms with Gasteiger partial charge in [-0.15, -0.1) is 12.6 Å². The summed E-state index contributed by atoms with van der Waals surface area (Å²) < 4.78 is 0. The summed E-state index contributed by atoms with van der Waals surface area (Å²) in [5.74, 6) is 0. The first kappa shape index (κ1) is 8.57. The van der Waals surface area contributed by atoms with E-state index in [9.17, 15) is 0 Å². The third kappa shape index (κ3) is 1.42. The summed E-state index contributed by atoms with van der Waals surface area (Å²) in [6, 6.07) is 6.29. The van der Waals surface area contributed by atoms with E-state index in [1.165, 1.54) is 11.1 Å². The van der Waals surface area contributed by atoms with E-state index in [2.05, 4.69) is 35.8 Å². The minimum Gasteiger partial charge on any atom is -0.255 e. The monoisotopic (exact) mass is 189 g/mol. The van der Waals surface area contributed by atoms with E-state index in [0.717, 1.165) is 15.8 Å². The molecule has 0 aliphatic rings. The molecule has 0 radical (unpaired) electrons. The molecule has 1 aromatic heterocycles. The van der Waals surface area contributed by atoms with Gasteiger partial charge in [0.25, 0.3) is 0 Å². The van der Waals surface area contributed by atoms with E-state index in [4.69, 9.17) is 0 Å². The van der Waals surface area contributed by atoms with Crippen LogP contribution in [0.5, 0.6) is 0 Å². The summed E-state index contributed by atoms with van der Waals surface area (Å²) in [7, 11) is 0. The number of hydrogen-bond donors (Lipinski definition) is 1. The van der Waals surface area contributed by atoms with Crippen LogP contribution in [-0.2, 0) is 0 Å². The van der Waals surface area contributed by atoms with Crippen LogP contribution in [0, 0.1) is 13.8 Å². The number of pyridine rings is 1. The first-order valence-corrected chi connectivity index (χ1v) is 4.68. The second-order valence-electron chi connectivity index (χ2n) is 3.32. The molecule has 0 fully saturated rings. The Hall–Kier alpha value is -1.02. The van der Waals surface area contributed by atoms with Crippen molar-refractivity contribution >= 4 is 23.5 Å². The van der Waals surface area contributed by atoms with Crippen molar-refractivity contribution in [3.8, 4) is 0 Å². The molecule has 1 nitrogen and oxygen atoms in total. The minimum atomic E-state index is 0.984. The first-order chi connectivity index (χ1) is 6.18. The third-order valence-electron chi connectivity index (χ3n) is 2.16. The van der Waals surface area contributed by atoms with Gasteiger partial charge in [-0.1, -0.05) is 12.1 Å². The Kier molecular flexibility index (Phi) is 2.00. The molecule has 2 aromatic rings. The lowest BCUT2D eigenvalue weighted by Gasteiger charge is -2.04. The quantitative estimate of drug-likeness (QED) is 0.628. The van der Waals surface area contributed by atoms with Crippen molar-refractivity contribution in [3.05, 3.63) is 35.5 Å². The maximum absolute atomic E-state index is 4.44. The highest BCUT2D eigenvalue weighted by Crippen LogP contribution is 2.23. The maximum atomic E-state index is 4.44. The predicted molar refractivity (Wildman–Crippen MR) is 58.5 cm³/mol. The number of fused-ring (bicyclic) bond motifs is 1. The fourth-order valence-corrected chi connectivity index (χ4v) is 1.66. The average molecular weight is 189 g/mol. The van der Waals surface area contributed by atoms with Crippen molar-refractivity contribution < 1.29 is 0 Å². The molecule has 0 unspecified atom stereocenters. The zero-order valence-electron chi connectivity index (χ0n) is 7.70. The van der Waals surface area contributed by atoms with Crippen molar-refractivity contribution in [1.82, 2.24) is 4.98 Å². The number of rotatable bonds is 0. The van der Waals surface area contributed by atoms with Gasteiger partial charge in [-0.2, -0.15) is 0 Å². The molecule has 2 rings (SSSR count). The van der Waals surface area contributed by atoms with Gasteiger partial charge in [-0.25, -0.2) is 0 Å². The molecule has 66 valence electrons. The van der Waals surface area contributed by atoms with Crippen LogP contribution in [-0.4, -0.2) is 4.98 Å². The highest BCUT2D eigenvalue weighted by atomic mass is 32.1. The van der Waals surface area contributed by atoms with Crippen LogP contribution in [0.1, 0.15) is 11.1 Å². The van der Waals surface area contributed by atoms with E-state index in [0.29, 0.717) is 0 Å². The van der Waals surface area contributed by atoms with Gasteiger partial charge in [0.1, 0.15) is 0 Å². The van der Waals surface area contributed by atoms with Crippen LogP contribution in [0.25, 0.3) is 10.9 Å². The number of hydrogen-bond acceptors (Lipinski definition) is 2. The van der Waals surface area contributed by atoms with Gasteiger partial charge in [0.2, 0.25) is 0 Å². The molecule has 13 heavy (non-hydrogen) atoms. The second kappa shape index (κ2) is 3.04. The van der Waals surface area contributed by atoms with E-state index < -0.39 is 0 Å². The summed E-state index contributed by atoms with van der Waals surface area (Å²) >= 11 is 4.44. The summed E-state index contributed by atoms with van der Waals surface area (Å²) in [4.78, 5) is 5.35. The maximum Gasteiger partial charge on any atom is 0.0837 e. The molecule has 0 aliphatic heterocycles. The highest BCUT2D eigenvalue weighted by molar-refractivity contribution is 7.80. The Morgan fingerprint density at radius 2 is 2.00 bits per heavy atom. The lowest BCUT2D eigenvalue weighted by Crippen LogP contribution is -1.85. The van der Waals surface area contributed by atoms with Gasteiger partial charge in [0, 0.05) is 16.5 Å². The predicted octanol–water partition coefficient (Wildman–Crippen LogP) is 3.14. The summed E-state index contributed by atoms with van der Waals surface area (Å²) in [5, 5.41) is 1.16. The molecule has 1 heterocycles. The fraction of sp³-hybridized carbons (Fsp3) is 0.182. The third-order valence-corrected chi connectivity index (χ3v) is 2.73. The standard InChI is InChI=1S/C11H11NS/c1-7-5-9-4-3-8(2)11(13)10(9)12-6-7/h3-6,13H,1-2H3. The Balaban J connectivity index is 2.87. The molecular formula is C11H11NS. The van der Waals surface area contributed by atoms with Gasteiger partial charge in [-0.05, 0) is 31.0 Å². The molecule has 0 aliphatic carbocycles. The van der Waals surface area contributed by atoms with Crippen LogP contribution in [0.4, 0.5) is 0 Å². The average Bonchev–Trinajstić information content (AvgIpc) is 2.12. The van der Waals surface area contributed by atoms with Crippen LogP contribution in [0.3, 0.4) is 0 Å². The topological polar surface area (TPSA) is 12.9 Å². The molecule has 0 atom stereocenters. The number of nitrogens with zero attached hydrogens (tertiary/aromatic N) is 1. The first-order valence-electron chi connectivity index (χ1n) is 4.23. The Labute approximate surface area is 83.2 Å². The SMILES string of the molecule is Cc1cnc2c(S)c(C)ccc2c1. The largest absolute Gasteiger partial charge is 0.255 e. The Bertz CT molecular complexity index is 463. The molecule has 0 bridgehead atoms. The lowest BCUT2D eigenvalue weighted by molar-refractivity contribution is 1.26. The molecule has 0 spiro atoms. The summed E-state index contributed by atoms with van der Waals surface area (Å²) in [6.07, 6.45) is 1.88. The van der Waals surface area contributed by atoms with Crippen LogP contribution in [0.15, 0.2) is 29.3 Å². The van der Waals surface area contributed by atoms with Crippen molar-refractivity contribution in [3.63, 3.8) is 0 Å². The van der Waals surface area contributed by atoms with E-state index in [-0.39, 0.29) is 0 Å². The molecule has 1 aromatic carbocycles. The number of aromatic nitrogens is 1. The molecule has 0 saturated carbocycles. The smallest absolute Gasteiger partial charge is 0.0837 e. The number of benzene rings is 1. The van der Waals surface area contributed by atoms with E-state index in [1.54, 1.807) is 0 Å². The Morgan fingerprint density at radius 3 is 2.77 bits per heavy atom. The molecule has 0 amide bonds. The van der Waals surface area contributed by atoms with Crippen molar-refractivity contribution in [1.29, 1.82) is 0 Å². The van der Waals surface area contributed by atoms with E-state index >= 15 is 0 Å². The Morgan fingerprint density at radius 1 is 1.23 bits per heavy atom. The highest BCUT2D eigenvalue weighted by Gasteiger charge is 2.01. The van der Waals surface area contributed by atoms with Gasteiger partial charge in [0.15, 0.2) is 0 Å². The van der Waals surface area contributed by atoms with Crippen molar-refractivity contribution in [2.24, 2.45) is 0 Å². The number of aryl methyl sites for hydroxylation is 2. The van der Waals surface area contributed by atoms with Crippen LogP contribution < -0.4 is 0 Å². The zero-order chi connectivity index (χ0) is 9.42. The minimum absolute atomic E-state index is 0.984. The van der Waals surface area contributed by atoms with E-state index in [1.807, 2.05) is 20.0 Å². The normalized spacial score (nSPS) is 10.7. The van der Waals surface area contributed by atoms with Crippen LogP contribution >= 0.6 is 12.6 Å². The molecule has 2 heteroatoms. The fourth-order valence-electron chi connectivity index (χ4n) is 1.40. The zero-order valence-corrected chi connectivity index (χ0v) is 8.60. The number of thiol groups is 1. The molecule has 0 saturated heterocycles. The van der Waals surface area contributed by atoms with Crippen molar-refractivity contribution in [2.45, 2.75) is 18.7 Å². The second-order valence-corrected chi connectivity index (χ2v) is 3.76. The lowest BCUT2D eigenvalue weighted by atomic mass is 10.1. The molecular weight excluding hydrogens is 178 g/mol.